The summed E-state index contributed by atoms with van der Waals surface area (Å²) in [5.41, 5.74) is 12.9. The molecular weight excluding hydrogens is 184 g/mol. The fourth-order valence-electron chi connectivity index (χ4n) is 4.94. The molecule has 2 heteroatoms. The monoisotopic (exact) mass is 208 g/mol. The van der Waals surface area contributed by atoms with Crippen LogP contribution < -0.4 is 11.5 Å². The lowest BCUT2D eigenvalue weighted by atomic mass is 9.59. The highest BCUT2D eigenvalue weighted by molar-refractivity contribution is 5.10. The van der Waals surface area contributed by atoms with Crippen molar-refractivity contribution in [2.24, 2.45) is 34.6 Å². The Morgan fingerprint density at radius 1 is 1.20 bits per heavy atom. The molecule has 3 rings (SSSR count). The normalized spacial score (nSPS) is 54.0. The van der Waals surface area contributed by atoms with Gasteiger partial charge in [-0.2, -0.15) is 0 Å². The fraction of sp³-hybridized carbons (Fsp3) is 1.00. The molecule has 0 aliphatic heterocycles. The smallest absolute Gasteiger partial charge is 0.0127 e. The van der Waals surface area contributed by atoms with Gasteiger partial charge in [-0.05, 0) is 68.2 Å². The van der Waals surface area contributed by atoms with E-state index in [-0.39, 0.29) is 0 Å². The van der Waals surface area contributed by atoms with Crippen molar-refractivity contribution in [2.75, 3.05) is 6.54 Å². The van der Waals surface area contributed by atoms with Gasteiger partial charge in [0.15, 0.2) is 0 Å². The first-order valence-corrected chi connectivity index (χ1v) is 6.72. The van der Waals surface area contributed by atoms with Gasteiger partial charge < -0.3 is 11.5 Å². The summed E-state index contributed by atoms with van der Waals surface area (Å²) < 4.78 is 0. The molecule has 0 aromatic heterocycles. The third-order valence-corrected chi connectivity index (χ3v) is 5.71. The van der Waals surface area contributed by atoms with E-state index in [1.807, 2.05) is 0 Å². The maximum absolute atomic E-state index is 6.51. The molecule has 5 atom stereocenters. The average Bonchev–Trinajstić information content (AvgIpc) is 2.84. The van der Waals surface area contributed by atoms with E-state index in [9.17, 15) is 0 Å². The highest BCUT2D eigenvalue weighted by Gasteiger charge is 2.57. The zero-order valence-corrected chi connectivity index (χ0v) is 9.62. The van der Waals surface area contributed by atoms with Crippen molar-refractivity contribution < 1.29 is 0 Å². The van der Waals surface area contributed by atoms with Crippen LogP contribution in [0.15, 0.2) is 0 Å². The molecule has 15 heavy (non-hydrogen) atoms. The Morgan fingerprint density at radius 3 is 2.73 bits per heavy atom. The molecule has 3 aliphatic rings. The van der Waals surface area contributed by atoms with Gasteiger partial charge in [-0.3, -0.25) is 0 Å². The van der Waals surface area contributed by atoms with Crippen LogP contribution in [0.2, 0.25) is 0 Å². The molecular formula is C13H24N2. The topological polar surface area (TPSA) is 52.0 Å². The van der Waals surface area contributed by atoms with Crippen molar-refractivity contribution in [2.45, 2.75) is 51.0 Å². The van der Waals surface area contributed by atoms with E-state index in [1.54, 1.807) is 0 Å². The van der Waals surface area contributed by atoms with Gasteiger partial charge in [-0.25, -0.2) is 0 Å². The van der Waals surface area contributed by atoms with E-state index >= 15 is 0 Å². The molecule has 0 aromatic carbocycles. The van der Waals surface area contributed by atoms with Crippen LogP contribution in [0.5, 0.6) is 0 Å². The van der Waals surface area contributed by atoms with E-state index in [2.05, 4.69) is 0 Å². The van der Waals surface area contributed by atoms with Crippen molar-refractivity contribution in [3.63, 3.8) is 0 Å². The predicted octanol–water partition coefficient (Wildman–Crippen LogP) is 1.88. The van der Waals surface area contributed by atoms with E-state index in [4.69, 9.17) is 11.5 Å². The van der Waals surface area contributed by atoms with Gasteiger partial charge in [0.05, 0.1) is 0 Å². The molecule has 2 bridgehead atoms. The van der Waals surface area contributed by atoms with Gasteiger partial charge in [-0.15, -0.1) is 0 Å². The maximum atomic E-state index is 6.51. The van der Waals surface area contributed by atoms with Crippen molar-refractivity contribution in [3.8, 4) is 0 Å². The Hall–Kier alpha value is -0.0800. The van der Waals surface area contributed by atoms with E-state index in [1.165, 1.54) is 44.9 Å². The average molecular weight is 208 g/mol. The van der Waals surface area contributed by atoms with Crippen LogP contribution in [0.25, 0.3) is 0 Å². The first-order valence-electron chi connectivity index (χ1n) is 6.72. The Kier molecular flexibility index (Phi) is 2.33. The fourth-order valence-corrected chi connectivity index (χ4v) is 4.94. The molecule has 86 valence electrons. The van der Waals surface area contributed by atoms with Crippen LogP contribution in [-0.4, -0.2) is 12.6 Å². The van der Waals surface area contributed by atoms with Crippen LogP contribution in [0.3, 0.4) is 0 Å². The molecule has 1 unspecified atom stereocenters. The van der Waals surface area contributed by atoms with Gasteiger partial charge in [0, 0.05) is 6.04 Å². The van der Waals surface area contributed by atoms with Crippen molar-refractivity contribution in [1.29, 1.82) is 0 Å². The van der Waals surface area contributed by atoms with Crippen molar-refractivity contribution >= 4 is 0 Å². The second-order valence-electron chi connectivity index (χ2n) is 6.23. The molecule has 3 fully saturated rings. The zero-order chi connectivity index (χ0) is 10.5. The third kappa shape index (κ3) is 1.31. The first-order chi connectivity index (χ1) is 7.26. The minimum absolute atomic E-state index is 0.505. The summed E-state index contributed by atoms with van der Waals surface area (Å²) in [5.74, 6) is 2.57. The summed E-state index contributed by atoms with van der Waals surface area (Å²) in [5, 5.41) is 0. The molecule has 3 saturated carbocycles. The largest absolute Gasteiger partial charge is 0.330 e. The second-order valence-corrected chi connectivity index (χ2v) is 6.23. The summed E-state index contributed by atoms with van der Waals surface area (Å²) in [6.45, 7) is 0.881. The molecule has 2 nitrogen and oxygen atoms in total. The lowest BCUT2D eigenvalue weighted by Crippen LogP contribution is -2.49. The predicted molar refractivity (Wildman–Crippen MR) is 62.3 cm³/mol. The van der Waals surface area contributed by atoms with Gasteiger partial charge in [0.25, 0.3) is 0 Å². The van der Waals surface area contributed by atoms with Crippen LogP contribution in [-0.2, 0) is 0 Å². The van der Waals surface area contributed by atoms with E-state index < -0.39 is 0 Å². The number of rotatable bonds is 1. The Morgan fingerprint density at radius 2 is 2.07 bits per heavy atom. The molecule has 0 aromatic rings. The Balaban J connectivity index is 1.83. The number of hydrogen-bond donors (Lipinski definition) is 2. The van der Waals surface area contributed by atoms with Crippen LogP contribution in [0.1, 0.15) is 44.9 Å². The SMILES string of the molecule is NCC1CCC[C@@]2(C1)[C@H]1CC[C@H](C1)[C@@H]2N. The molecule has 3 aliphatic carbocycles. The third-order valence-electron chi connectivity index (χ3n) is 5.71. The minimum Gasteiger partial charge on any atom is -0.330 e. The number of hydrogen-bond acceptors (Lipinski definition) is 2. The summed E-state index contributed by atoms with van der Waals surface area (Å²) in [6, 6.07) is 0.505. The maximum Gasteiger partial charge on any atom is 0.0127 e. The molecule has 4 N–H and O–H groups in total. The molecule has 0 amide bonds. The van der Waals surface area contributed by atoms with Crippen LogP contribution in [0.4, 0.5) is 0 Å². The van der Waals surface area contributed by atoms with Gasteiger partial charge >= 0.3 is 0 Å². The minimum atomic E-state index is 0.505. The van der Waals surface area contributed by atoms with Crippen molar-refractivity contribution in [3.05, 3.63) is 0 Å². The summed E-state index contributed by atoms with van der Waals surface area (Å²) in [4.78, 5) is 0. The van der Waals surface area contributed by atoms with Crippen molar-refractivity contribution in [1.82, 2.24) is 0 Å². The van der Waals surface area contributed by atoms with Gasteiger partial charge in [0.2, 0.25) is 0 Å². The van der Waals surface area contributed by atoms with E-state index in [0.29, 0.717) is 11.5 Å². The summed E-state index contributed by atoms with van der Waals surface area (Å²) >= 11 is 0. The summed E-state index contributed by atoms with van der Waals surface area (Å²) in [7, 11) is 0. The lowest BCUT2D eigenvalue weighted by Gasteiger charge is -2.47. The first kappa shape index (κ1) is 10.1. The molecule has 0 radical (unpaired) electrons. The second kappa shape index (κ2) is 3.46. The highest BCUT2D eigenvalue weighted by atomic mass is 14.8. The lowest BCUT2D eigenvalue weighted by molar-refractivity contribution is 0.0505. The summed E-state index contributed by atoms with van der Waals surface area (Å²) in [6.07, 6.45) is 9.74. The quantitative estimate of drug-likeness (QED) is 0.691. The van der Waals surface area contributed by atoms with Crippen LogP contribution in [0, 0.1) is 23.2 Å². The Labute approximate surface area is 92.8 Å². The number of nitrogens with two attached hydrogens (primary N) is 2. The van der Waals surface area contributed by atoms with E-state index in [0.717, 1.165) is 24.3 Å². The molecule has 0 heterocycles. The van der Waals surface area contributed by atoms with Gasteiger partial charge in [-0.1, -0.05) is 6.42 Å². The molecule has 1 spiro atoms. The zero-order valence-electron chi connectivity index (χ0n) is 9.62. The van der Waals surface area contributed by atoms with Gasteiger partial charge in [0.1, 0.15) is 0 Å². The standard InChI is InChI=1S/C13H24N2/c14-8-9-2-1-5-13(7-9)11-4-3-10(6-11)12(13)15/h9-12H,1-8,14-15H2/t9?,10-,11+,12+,13-/m1/s1. The highest BCUT2D eigenvalue weighted by Crippen LogP contribution is 2.61. The number of fused-ring (bicyclic) bond motifs is 3. The van der Waals surface area contributed by atoms with Crippen LogP contribution >= 0.6 is 0 Å². The Bertz CT molecular complexity index is 249. The molecule has 0 saturated heterocycles.